The Morgan fingerprint density at radius 1 is 1.04 bits per heavy atom. The van der Waals surface area contributed by atoms with Gasteiger partial charge in [-0.05, 0) is 33.8 Å². The van der Waals surface area contributed by atoms with Gasteiger partial charge in [0, 0.05) is 11.7 Å². The molecule has 0 bridgehead atoms. The average Bonchev–Trinajstić information content (AvgIpc) is 2.77. The Morgan fingerprint density at radius 2 is 1.50 bits per heavy atom. The van der Waals surface area contributed by atoms with E-state index in [0.29, 0.717) is 0 Å². The van der Waals surface area contributed by atoms with E-state index in [1.165, 1.54) is 6.20 Å². The van der Waals surface area contributed by atoms with Crippen LogP contribution in [0.5, 0.6) is 5.88 Å². The molecule has 150 valence electrons. The van der Waals surface area contributed by atoms with Gasteiger partial charge in [-0.15, -0.1) is 0 Å². The number of ether oxygens (including phenoxy) is 1. The van der Waals surface area contributed by atoms with Crippen molar-refractivity contribution in [3.05, 3.63) is 18.1 Å². The summed E-state index contributed by atoms with van der Waals surface area (Å²) in [5, 5.41) is 0. The van der Waals surface area contributed by atoms with E-state index in [0.717, 1.165) is 6.07 Å². The molecular weight excluding hydrogens is 353 g/mol. The van der Waals surface area contributed by atoms with E-state index in [9.17, 15) is 17.6 Å². The molecule has 0 aliphatic carbocycles. The Bertz CT molecular complexity index is 549. The van der Waals surface area contributed by atoms with Gasteiger partial charge in [0.2, 0.25) is 0 Å². The molecule has 2 heterocycles. The predicted octanol–water partition coefficient (Wildman–Crippen LogP) is 4.51. The van der Waals surface area contributed by atoms with Gasteiger partial charge in [-0.1, -0.05) is 27.7 Å². The van der Waals surface area contributed by atoms with Gasteiger partial charge in [0.15, 0.2) is 12.4 Å². The topological polar surface area (TPSA) is 40.6 Å². The Morgan fingerprint density at radius 3 is 1.88 bits per heavy atom. The molecule has 0 radical (unpaired) electrons. The summed E-state index contributed by atoms with van der Waals surface area (Å²) in [5.74, 6) is -1.71. The number of rotatable bonds is 3. The highest BCUT2D eigenvalue weighted by Gasteiger charge is 2.52. The van der Waals surface area contributed by atoms with Crippen LogP contribution >= 0.6 is 0 Å². The molecule has 1 aliphatic heterocycles. The molecule has 0 spiro atoms. The molecule has 1 saturated heterocycles. The molecule has 0 amide bonds. The Labute approximate surface area is 153 Å². The minimum Gasteiger partial charge on any atom is -0.466 e. The van der Waals surface area contributed by atoms with Crippen LogP contribution in [0.2, 0.25) is 0 Å². The summed E-state index contributed by atoms with van der Waals surface area (Å²) < 4.78 is 65.7. The molecule has 1 aromatic heterocycles. The summed E-state index contributed by atoms with van der Waals surface area (Å²) in [5.41, 5.74) is -0.949. The van der Waals surface area contributed by atoms with E-state index in [-0.39, 0.29) is 5.46 Å². The molecule has 0 unspecified atom stereocenters. The van der Waals surface area contributed by atoms with E-state index in [4.69, 9.17) is 9.31 Å². The summed E-state index contributed by atoms with van der Waals surface area (Å²) in [6.45, 7) is 13.7. The second-order valence-electron chi connectivity index (χ2n) is 6.05. The highest BCUT2D eigenvalue weighted by Crippen LogP contribution is 2.36. The van der Waals surface area contributed by atoms with Crippen LogP contribution in [0.25, 0.3) is 0 Å². The molecule has 0 aromatic carbocycles. The smallest absolute Gasteiger partial charge is 0.466 e. The first-order valence-electron chi connectivity index (χ1n) is 8.62. The van der Waals surface area contributed by atoms with Crippen molar-refractivity contribution in [1.82, 2.24) is 4.98 Å². The van der Waals surface area contributed by atoms with Crippen LogP contribution in [-0.4, -0.2) is 36.1 Å². The number of hydrogen-bond acceptors (Lipinski definition) is 4. The Balaban J connectivity index is 0.00000146. The first-order valence-corrected chi connectivity index (χ1v) is 8.62. The number of hydrogen-bond donors (Lipinski definition) is 0. The maximum atomic E-state index is 13.8. The number of halogens is 4. The predicted molar refractivity (Wildman–Crippen MR) is 94.2 cm³/mol. The largest absolute Gasteiger partial charge is 0.496 e. The molecule has 9 heteroatoms. The summed E-state index contributed by atoms with van der Waals surface area (Å²) in [4.78, 5) is 3.56. The zero-order valence-electron chi connectivity index (χ0n) is 16.6. The lowest BCUT2D eigenvalue weighted by molar-refractivity contribution is -0.154. The minimum atomic E-state index is -4.56. The van der Waals surface area contributed by atoms with Gasteiger partial charge in [-0.25, -0.2) is 9.37 Å². The number of alkyl halides is 3. The van der Waals surface area contributed by atoms with Crippen molar-refractivity contribution < 1.29 is 31.6 Å². The van der Waals surface area contributed by atoms with Crippen molar-refractivity contribution in [2.45, 2.75) is 72.8 Å². The molecule has 2 rings (SSSR count). The molecule has 1 aromatic rings. The van der Waals surface area contributed by atoms with Crippen molar-refractivity contribution in [3.8, 4) is 5.88 Å². The van der Waals surface area contributed by atoms with Gasteiger partial charge in [-0.2, -0.15) is 13.2 Å². The van der Waals surface area contributed by atoms with Crippen LogP contribution in [0, 0.1) is 5.82 Å². The van der Waals surface area contributed by atoms with Crippen LogP contribution in [0.1, 0.15) is 55.4 Å². The maximum absolute atomic E-state index is 13.8. The normalized spacial score (nSPS) is 17.6. The Hall–Kier alpha value is -1.35. The molecular formula is C17H28BF4NO3. The van der Waals surface area contributed by atoms with Crippen LogP contribution in [0.4, 0.5) is 17.6 Å². The quantitative estimate of drug-likeness (QED) is 0.571. The third kappa shape index (κ3) is 6.43. The lowest BCUT2D eigenvalue weighted by Gasteiger charge is -2.32. The average molecular weight is 381 g/mol. The van der Waals surface area contributed by atoms with E-state index in [1.807, 2.05) is 55.4 Å². The van der Waals surface area contributed by atoms with Crippen molar-refractivity contribution in [2.75, 3.05) is 6.61 Å². The molecule has 0 atom stereocenters. The lowest BCUT2D eigenvalue weighted by Crippen LogP contribution is -2.41. The van der Waals surface area contributed by atoms with Gasteiger partial charge in [0.1, 0.15) is 0 Å². The second kappa shape index (κ2) is 9.55. The molecule has 26 heavy (non-hydrogen) atoms. The minimum absolute atomic E-state index is 0.274. The summed E-state index contributed by atoms with van der Waals surface area (Å²) in [7, 11) is -0.844. The Kier molecular flexibility index (Phi) is 9.06. The fourth-order valence-corrected chi connectivity index (χ4v) is 1.80. The highest BCUT2D eigenvalue weighted by molar-refractivity contribution is 6.62. The van der Waals surface area contributed by atoms with Crippen LogP contribution < -0.4 is 10.2 Å². The number of nitrogens with zero attached hydrogens (tertiary/aromatic N) is 1. The first kappa shape index (κ1) is 24.7. The standard InChI is InChI=1S/C13H16BF4NO3.2C2H6/c1-11(2)12(3,4)22-14(21-11)8-5-9(15)10(19-6-8)20-7-13(16,17)18;2*1-2/h5-6H,7H2,1-4H3;2*1-2H3. The van der Waals surface area contributed by atoms with Gasteiger partial charge in [0.25, 0.3) is 5.88 Å². The highest BCUT2D eigenvalue weighted by atomic mass is 19.4. The maximum Gasteiger partial charge on any atom is 0.496 e. The zero-order valence-corrected chi connectivity index (χ0v) is 16.6. The van der Waals surface area contributed by atoms with Gasteiger partial charge >= 0.3 is 13.3 Å². The summed E-state index contributed by atoms with van der Waals surface area (Å²) in [6.07, 6.45) is -3.38. The molecule has 1 aliphatic rings. The third-order valence-electron chi connectivity index (χ3n) is 3.73. The molecule has 0 N–H and O–H groups in total. The third-order valence-corrected chi connectivity index (χ3v) is 3.73. The lowest BCUT2D eigenvalue weighted by atomic mass is 9.80. The second-order valence-corrected chi connectivity index (χ2v) is 6.05. The van der Waals surface area contributed by atoms with E-state index in [2.05, 4.69) is 9.72 Å². The zero-order chi connectivity index (χ0) is 20.8. The van der Waals surface area contributed by atoms with Gasteiger partial charge in [0.05, 0.1) is 11.2 Å². The summed E-state index contributed by atoms with van der Waals surface area (Å²) in [6, 6.07) is 1.00. The first-order chi connectivity index (χ1) is 11.9. The fraction of sp³-hybridized carbons (Fsp3) is 0.706. The van der Waals surface area contributed by atoms with Gasteiger partial charge < -0.3 is 14.0 Å². The van der Waals surface area contributed by atoms with Crippen molar-refractivity contribution in [1.29, 1.82) is 0 Å². The van der Waals surface area contributed by atoms with E-state index < -0.39 is 42.8 Å². The number of aromatic nitrogens is 1. The SMILES string of the molecule is CC.CC.CC1(C)OB(c2cnc(OCC(F)(F)F)c(F)c2)OC1(C)C. The molecule has 1 fully saturated rings. The van der Waals surface area contributed by atoms with Crippen LogP contribution in [-0.2, 0) is 9.31 Å². The number of pyridine rings is 1. The summed E-state index contributed by atoms with van der Waals surface area (Å²) >= 11 is 0. The molecule has 4 nitrogen and oxygen atoms in total. The van der Waals surface area contributed by atoms with Crippen LogP contribution in [0.15, 0.2) is 12.3 Å². The molecule has 0 saturated carbocycles. The van der Waals surface area contributed by atoms with Crippen molar-refractivity contribution in [2.24, 2.45) is 0 Å². The van der Waals surface area contributed by atoms with E-state index >= 15 is 0 Å². The van der Waals surface area contributed by atoms with Crippen molar-refractivity contribution in [3.63, 3.8) is 0 Å². The monoisotopic (exact) mass is 381 g/mol. The van der Waals surface area contributed by atoms with Crippen LogP contribution in [0.3, 0.4) is 0 Å². The van der Waals surface area contributed by atoms with Crippen molar-refractivity contribution >= 4 is 12.6 Å². The fourth-order valence-electron chi connectivity index (χ4n) is 1.80. The van der Waals surface area contributed by atoms with E-state index in [1.54, 1.807) is 0 Å². The van der Waals surface area contributed by atoms with Gasteiger partial charge in [-0.3, -0.25) is 0 Å².